The Kier molecular flexibility index (Phi) is 4.20. The van der Waals surface area contributed by atoms with Crippen LogP contribution in [0.25, 0.3) is 0 Å². The zero-order chi connectivity index (χ0) is 12.3. The van der Waals surface area contributed by atoms with Crippen molar-refractivity contribution in [3.8, 4) is 0 Å². The number of hydrogen-bond donors (Lipinski definition) is 1. The maximum Gasteiger partial charge on any atom is 0.171 e. The first kappa shape index (κ1) is 12.6. The van der Waals surface area contributed by atoms with E-state index >= 15 is 0 Å². The Morgan fingerprint density at radius 3 is 2.88 bits per heavy atom. The lowest BCUT2D eigenvalue weighted by atomic mass is 10.2. The van der Waals surface area contributed by atoms with E-state index in [9.17, 15) is 0 Å². The lowest BCUT2D eigenvalue weighted by molar-refractivity contribution is 0.0630. The quantitative estimate of drug-likeness (QED) is 0.835. The second kappa shape index (κ2) is 5.67. The molecule has 1 aliphatic rings. The van der Waals surface area contributed by atoms with Crippen molar-refractivity contribution in [2.75, 3.05) is 19.7 Å². The van der Waals surface area contributed by atoms with Crippen molar-refractivity contribution < 1.29 is 4.74 Å². The van der Waals surface area contributed by atoms with Crippen LogP contribution in [0.1, 0.15) is 18.7 Å². The molecule has 2 rings (SSSR count). The number of halogens is 1. The van der Waals surface area contributed by atoms with Gasteiger partial charge in [-0.05, 0) is 31.3 Å². The number of ether oxygens (including phenoxy) is 1. The molecule has 1 atom stereocenters. The van der Waals surface area contributed by atoms with E-state index < -0.39 is 0 Å². The third-order valence-electron chi connectivity index (χ3n) is 2.64. The largest absolute Gasteiger partial charge is 0.363 e. The van der Waals surface area contributed by atoms with Crippen LogP contribution in [0.2, 0.25) is 5.02 Å². The van der Waals surface area contributed by atoms with Crippen molar-refractivity contribution >= 4 is 28.9 Å². The summed E-state index contributed by atoms with van der Waals surface area (Å²) in [5.41, 5.74) is 1.08. The van der Waals surface area contributed by atoms with Crippen molar-refractivity contribution in [1.82, 2.24) is 10.2 Å². The lowest BCUT2D eigenvalue weighted by Crippen LogP contribution is -2.39. The monoisotopic (exact) mass is 270 g/mol. The fourth-order valence-electron chi connectivity index (χ4n) is 1.83. The Hall–Kier alpha value is -0.840. The van der Waals surface area contributed by atoms with Gasteiger partial charge in [-0.3, -0.25) is 0 Å². The van der Waals surface area contributed by atoms with Crippen LogP contribution in [0.5, 0.6) is 0 Å². The molecule has 3 nitrogen and oxygen atoms in total. The van der Waals surface area contributed by atoms with Crippen molar-refractivity contribution in [3.05, 3.63) is 34.9 Å². The molecule has 92 valence electrons. The van der Waals surface area contributed by atoms with Gasteiger partial charge in [-0.1, -0.05) is 23.7 Å². The summed E-state index contributed by atoms with van der Waals surface area (Å²) in [5, 5.41) is 4.62. The van der Waals surface area contributed by atoms with Gasteiger partial charge in [-0.2, -0.15) is 0 Å². The molecule has 0 aliphatic carbocycles. The molecule has 1 aromatic rings. The average Bonchev–Trinajstić information content (AvgIpc) is 2.79. The maximum absolute atomic E-state index is 5.87. The van der Waals surface area contributed by atoms with Crippen LogP contribution in [0.4, 0.5) is 0 Å². The first-order valence-electron chi connectivity index (χ1n) is 5.64. The molecule has 0 saturated carbocycles. The summed E-state index contributed by atoms with van der Waals surface area (Å²) in [4.78, 5) is 2.06. The summed E-state index contributed by atoms with van der Waals surface area (Å²) >= 11 is 11.2. The van der Waals surface area contributed by atoms with Crippen LogP contribution < -0.4 is 5.32 Å². The summed E-state index contributed by atoms with van der Waals surface area (Å²) in [5.74, 6) is 0. The van der Waals surface area contributed by atoms with E-state index in [1.807, 2.05) is 31.2 Å². The molecular formula is C12H15ClN2OS. The Morgan fingerprint density at radius 2 is 2.24 bits per heavy atom. The standard InChI is InChI=1S/C12H15ClN2OS/c1-2-14-12(17)15-7-8-16-11(15)9-3-5-10(13)6-4-9/h3-6,11H,2,7-8H2,1H3,(H,14,17). The lowest BCUT2D eigenvalue weighted by Gasteiger charge is -2.26. The molecule has 0 amide bonds. The van der Waals surface area contributed by atoms with Crippen LogP contribution in [-0.4, -0.2) is 29.7 Å². The molecule has 0 spiro atoms. The summed E-state index contributed by atoms with van der Waals surface area (Å²) < 4.78 is 5.71. The van der Waals surface area contributed by atoms with E-state index in [1.54, 1.807) is 0 Å². The van der Waals surface area contributed by atoms with Crippen LogP contribution in [0.3, 0.4) is 0 Å². The van der Waals surface area contributed by atoms with Gasteiger partial charge < -0.3 is 15.0 Å². The fourth-order valence-corrected chi connectivity index (χ4v) is 2.29. The Morgan fingerprint density at radius 1 is 1.53 bits per heavy atom. The molecule has 17 heavy (non-hydrogen) atoms. The zero-order valence-corrected chi connectivity index (χ0v) is 11.2. The predicted octanol–water partition coefficient (Wildman–Crippen LogP) is 2.57. The highest BCUT2D eigenvalue weighted by molar-refractivity contribution is 7.80. The minimum atomic E-state index is -0.0983. The highest BCUT2D eigenvalue weighted by atomic mass is 35.5. The number of nitrogens with one attached hydrogen (secondary N) is 1. The van der Waals surface area contributed by atoms with E-state index in [-0.39, 0.29) is 6.23 Å². The third-order valence-corrected chi connectivity index (χ3v) is 3.27. The minimum Gasteiger partial charge on any atom is -0.363 e. The molecule has 1 aromatic carbocycles. The second-order valence-corrected chi connectivity index (χ2v) is 4.63. The molecular weight excluding hydrogens is 256 g/mol. The normalized spacial score (nSPS) is 19.4. The molecule has 1 unspecified atom stereocenters. The SMILES string of the molecule is CCNC(=S)N1CCOC1c1ccc(Cl)cc1. The van der Waals surface area contributed by atoms with Crippen LogP contribution in [0.15, 0.2) is 24.3 Å². The summed E-state index contributed by atoms with van der Waals surface area (Å²) in [7, 11) is 0. The Balaban J connectivity index is 2.14. The number of rotatable bonds is 2. The maximum atomic E-state index is 5.87. The van der Waals surface area contributed by atoms with E-state index in [0.717, 1.165) is 28.8 Å². The van der Waals surface area contributed by atoms with Crippen LogP contribution >= 0.6 is 23.8 Å². The molecule has 1 N–H and O–H groups in total. The van der Waals surface area contributed by atoms with E-state index in [0.29, 0.717) is 6.61 Å². The van der Waals surface area contributed by atoms with Crippen LogP contribution in [0, 0.1) is 0 Å². The highest BCUT2D eigenvalue weighted by Gasteiger charge is 2.28. The van der Waals surface area contributed by atoms with Gasteiger partial charge in [0.2, 0.25) is 0 Å². The smallest absolute Gasteiger partial charge is 0.171 e. The van der Waals surface area contributed by atoms with Crippen LogP contribution in [-0.2, 0) is 4.74 Å². The topological polar surface area (TPSA) is 24.5 Å². The Bertz CT molecular complexity index is 396. The Labute approximate surface area is 112 Å². The molecule has 5 heteroatoms. The van der Waals surface area contributed by atoms with Crippen molar-refractivity contribution in [2.45, 2.75) is 13.2 Å². The van der Waals surface area contributed by atoms with Crippen molar-refractivity contribution in [3.63, 3.8) is 0 Å². The fraction of sp³-hybridized carbons (Fsp3) is 0.417. The van der Waals surface area contributed by atoms with E-state index in [1.165, 1.54) is 0 Å². The second-order valence-electron chi connectivity index (χ2n) is 3.80. The van der Waals surface area contributed by atoms with E-state index in [4.69, 9.17) is 28.6 Å². The van der Waals surface area contributed by atoms with Gasteiger partial charge in [0.25, 0.3) is 0 Å². The number of hydrogen-bond acceptors (Lipinski definition) is 2. The van der Waals surface area contributed by atoms with Gasteiger partial charge in [-0.15, -0.1) is 0 Å². The van der Waals surface area contributed by atoms with Crippen molar-refractivity contribution in [2.24, 2.45) is 0 Å². The zero-order valence-electron chi connectivity index (χ0n) is 9.65. The van der Waals surface area contributed by atoms with Gasteiger partial charge in [-0.25, -0.2) is 0 Å². The minimum absolute atomic E-state index is 0.0983. The molecule has 1 aliphatic heterocycles. The van der Waals surface area contributed by atoms with E-state index in [2.05, 4.69) is 10.2 Å². The molecule has 0 aromatic heterocycles. The first-order chi connectivity index (χ1) is 8.22. The molecule has 0 radical (unpaired) electrons. The highest BCUT2D eigenvalue weighted by Crippen LogP contribution is 2.27. The molecule has 1 heterocycles. The van der Waals surface area contributed by atoms with Crippen molar-refractivity contribution in [1.29, 1.82) is 0 Å². The molecule has 0 bridgehead atoms. The third kappa shape index (κ3) is 2.89. The van der Waals surface area contributed by atoms with Gasteiger partial charge in [0.1, 0.15) is 0 Å². The molecule has 1 saturated heterocycles. The predicted molar refractivity (Wildman–Crippen MR) is 73.1 cm³/mol. The first-order valence-corrected chi connectivity index (χ1v) is 6.42. The number of nitrogens with zero attached hydrogens (tertiary/aromatic N) is 1. The number of benzene rings is 1. The summed E-state index contributed by atoms with van der Waals surface area (Å²) in [6.07, 6.45) is -0.0983. The summed E-state index contributed by atoms with van der Waals surface area (Å²) in [6.45, 7) is 4.36. The molecule has 1 fully saturated rings. The van der Waals surface area contributed by atoms with Gasteiger partial charge in [0.15, 0.2) is 11.3 Å². The van der Waals surface area contributed by atoms with Gasteiger partial charge >= 0.3 is 0 Å². The van der Waals surface area contributed by atoms with Gasteiger partial charge in [0, 0.05) is 23.7 Å². The number of thiocarbonyl (C=S) groups is 1. The van der Waals surface area contributed by atoms with Gasteiger partial charge in [0.05, 0.1) is 6.61 Å². The summed E-state index contributed by atoms with van der Waals surface area (Å²) in [6, 6.07) is 7.68. The average molecular weight is 271 g/mol.